The van der Waals surface area contributed by atoms with Crippen LogP contribution in [-0.4, -0.2) is 0 Å². The Morgan fingerprint density at radius 2 is 1.43 bits per heavy atom. The molecule has 2 aromatic rings. The molecule has 70 valence electrons. The van der Waals surface area contributed by atoms with Gasteiger partial charge in [-0.2, -0.15) is 0 Å². The second-order valence-electron chi connectivity index (χ2n) is 2.96. The van der Waals surface area contributed by atoms with Gasteiger partial charge in [-0.3, -0.25) is 0 Å². The molecule has 0 aliphatic heterocycles. The highest BCUT2D eigenvalue weighted by Crippen LogP contribution is 2.10. The predicted molar refractivity (Wildman–Crippen MR) is 57.2 cm³/mol. The molecule has 0 saturated heterocycles. The Hall–Kier alpha value is -1.76. The number of para-hydroxylation sites is 1. The Morgan fingerprint density at radius 1 is 0.857 bits per heavy atom. The van der Waals surface area contributed by atoms with E-state index in [1.165, 1.54) is 0 Å². The second kappa shape index (κ2) is 4.47. The van der Waals surface area contributed by atoms with Crippen molar-refractivity contribution in [1.29, 1.82) is 0 Å². The molecule has 0 heterocycles. The fraction of sp³-hybridized carbons (Fsp3) is 0.0769. The van der Waals surface area contributed by atoms with Gasteiger partial charge in [-0.1, -0.05) is 48.5 Å². The average Bonchev–Trinajstić information content (AvgIpc) is 2.31. The molecule has 1 heteroatoms. The van der Waals surface area contributed by atoms with Crippen molar-refractivity contribution in [1.82, 2.24) is 0 Å². The smallest absolute Gasteiger partial charge is 0.119 e. The van der Waals surface area contributed by atoms with E-state index in [4.69, 9.17) is 6.11 Å². The Bertz CT molecular complexity index is 399. The highest BCUT2D eigenvalue weighted by molar-refractivity contribution is 5.22. The summed E-state index contributed by atoms with van der Waals surface area (Å²) in [5, 5.41) is 0. The van der Waals surface area contributed by atoms with E-state index >= 15 is 0 Å². The van der Waals surface area contributed by atoms with Crippen molar-refractivity contribution in [2.75, 3.05) is 0 Å². The molecule has 2 aromatic carbocycles. The zero-order valence-corrected chi connectivity index (χ0v) is 7.76. The van der Waals surface area contributed by atoms with E-state index in [9.17, 15) is 0 Å². The highest BCUT2D eigenvalue weighted by Gasteiger charge is 1.92. The van der Waals surface area contributed by atoms with Crippen LogP contribution < -0.4 is 4.74 Å². The zero-order valence-electron chi connectivity index (χ0n) is 8.76. The Labute approximate surface area is 85.4 Å². The first kappa shape index (κ1) is 7.63. The normalized spacial score (nSPS) is 13.0. The number of hydrogen-bond acceptors (Lipinski definition) is 1. The summed E-state index contributed by atoms with van der Waals surface area (Å²) in [6.07, 6.45) is 0. The minimum atomic E-state index is -0.659. The van der Waals surface area contributed by atoms with Crippen LogP contribution in [0, 0.1) is 0 Å². The molecule has 1 unspecified atom stereocenters. The van der Waals surface area contributed by atoms with Gasteiger partial charge in [-0.15, -0.1) is 0 Å². The molecule has 0 aromatic heterocycles. The fourth-order valence-corrected chi connectivity index (χ4v) is 1.17. The molecule has 0 spiro atoms. The minimum Gasteiger partial charge on any atom is -0.489 e. The van der Waals surface area contributed by atoms with Crippen LogP contribution >= 0.6 is 0 Å². The summed E-state index contributed by atoms with van der Waals surface area (Å²) < 4.78 is 13.3. The largest absolute Gasteiger partial charge is 0.489 e. The van der Waals surface area contributed by atoms with Gasteiger partial charge in [0.2, 0.25) is 0 Å². The lowest BCUT2D eigenvalue weighted by Gasteiger charge is -2.05. The molecule has 0 N–H and O–H groups in total. The van der Waals surface area contributed by atoms with Gasteiger partial charge in [-0.25, -0.2) is 0 Å². The molecular formula is C13H12O. The van der Waals surface area contributed by atoms with Gasteiger partial charge in [0.15, 0.2) is 0 Å². The summed E-state index contributed by atoms with van der Waals surface area (Å²) in [4.78, 5) is 0. The number of benzene rings is 2. The van der Waals surface area contributed by atoms with E-state index in [2.05, 4.69) is 0 Å². The molecule has 0 radical (unpaired) electrons. The molecule has 2 rings (SSSR count). The first-order valence-corrected chi connectivity index (χ1v) is 4.55. The van der Waals surface area contributed by atoms with Gasteiger partial charge in [-0.05, 0) is 17.7 Å². The SMILES string of the molecule is [2H]C(Oc1ccccc1)c1ccccc1. The van der Waals surface area contributed by atoms with E-state index in [0.717, 1.165) is 11.3 Å². The van der Waals surface area contributed by atoms with E-state index in [1.54, 1.807) is 0 Å². The van der Waals surface area contributed by atoms with Crippen LogP contribution in [0.2, 0.25) is 0 Å². The lowest BCUT2D eigenvalue weighted by atomic mass is 10.2. The fourth-order valence-electron chi connectivity index (χ4n) is 1.17. The summed E-state index contributed by atoms with van der Waals surface area (Å²) in [6.45, 7) is -0.659. The average molecular weight is 185 g/mol. The van der Waals surface area contributed by atoms with Crippen molar-refractivity contribution in [3.63, 3.8) is 0 Å². The molecule has 0 aliphatic rings. The third-order valence-electron chi connectivity index (χ3n) is 1.87. The van der Waals surface area contributed by atoms with Crippen LogP contribution in [0.15, 0.2) is 60.7 Å². The number of ether oxygens (including phenoxy) is 1. The van der Waals surface area contributed by atoms with Crippen LogP contribution in [-0.2, 0) is 6.58 Å². The molecule has 0 fully saturated rings. The van der Waals surface area contributed by atoms with E-state index < -0.39 is 6.58 Å². The summed E-state index contributed by atoms with van der Waals surface area (Å²) in [7, 11) is 0. The molecule has 1 nitrogen and oxygen atoms in total. The van der Waals surface area contributed by atoms with E-state index in [1.807, 2.05) is 60.7 Å². The molecule has 0 bridgehead atoms. The van der Waals surface area contributed by atoms with Gasteiger partial charge in [0.1, 0.15) is 12.3 Å². The third-order valence-corrected chi connectivity index (χ3v) is 1.87. The summed E-state index contributed by atoms with van der Waals surface area (Å²) >= 11 is 0. The topological polar surface area (TPSA) is 9.23 Å². The maximum Gasteiger partial charge on any atom is 0.119 e. The first-order valence-electron chi connectivity index (χ1n) is 5.13. The maximum absolute atomic E-state index is 7.83. The van der Waals surface area contributed by atoms with Crippen molar-refractivity contribution < 1.29 is 6.11 Å². The lowest BCUT2D eigenvalue weighted by Crippen LogP contribution is -1.94. The quantitative estimate of drug-likeness (QED) is 0.713. The van der Waals surface area contributed by atoms with Crippen LogP contribution in [0.25, 0.3) is 0 Å². The van der Waals surface area contributed by atoms with Crippen molar-refractivity contribution in [2.24, 2.45) is 0 Å². The summed E-state index contributed by atoms with van der Waals surface area (Å²) in [5.41, 5.74) is 0.862. The molecular weight excluding hydrogens is 172 g/mol. The van der Waals surface area contributed by atoms with Crippen LogP contribution in [0.4, 0.5) is 0 Å². The van der Waals surface area contributed by atoms with Crippen molar-refractivity contribution in [2.45, 2.75) is 6.58 Å². The predicted octanol–water partition coefficient (Wildman–Crippen LogP) is 3.27. The van der Waals surface area contributed by atoms with E-state index in [-0.39, 0.29) is 0 Å². The minimum absolute atomic E-state index is 0.659. The zero-order chi connectivity index (χ0) is 10.5. The second-order valence-corrected chi connectivity index (χ2v) is 2.96. The number of hydrogen-bond donors (Lipinski definition) is 0. The van der Waals surface area contributed by atoms with Crippen molar-refractivity contribution in [3.05, 3.63) is 66.2 Å². The maximum atomic E-state index is 7.83. The van der Waals surface area contributed by atoms with Gasteiger partial charge < -0.3 is 4.74 Å². The van der Waals surface area contributed by atoms with E-state index in [0.29, 0.717) is 0 Å². The van der Waals surface area contributed by atoms with Crippen molar-refractivity contribution in [3.8, 4) is 5.75 Å². The molecule has 0 amide bonds. The van der Waals surface area contributed by atoms with Crippen molar-refractivity contribution >= 4 is 0 Å². The molecule has 0 saturated carbocycles. The summed E-state index contributed by atoms with van der Waals surface area (Å²) in [6, 6.07) is 18.9. The molecule has 0 aliphatic carbocycles. The Morgan fingerprint density at radius 3 is 2.07 bits per heavy atom. The lowest BCUT2D eigenvalue weighted by molar-refractivity contribution is 0.306. The monoisotopic (exact) mass is 185 g/mol. The van der Waals surface area contributed by atoms with Crippen LogP contribution in [0.3, 0.4) is 0 Å². The Balaban J connectivity index is 2.08. The highest BCUT2D eigenvalue weighted by atomic mass is 16.5. The standard InChI is InChI=1S/C13H12O/c1-3-7-12(8-4-1)11-14-13-9-5-2-6-10-13/h1-10H,11H2/i11D. The van der Waals surface area contributed by atoms with Gasteiger partial charge in [0, 0.05) is 0 Å². The number of rotatable bonds is 3. The third kappa shape index (κ3) is 2.36. The van der Waals surface area contributed by atoms with Gasteiger partial charge in [0.25, 0.3) is 0 Å². The van der Waals surface area contributed by atoms with Gasteiger partial charge >= 0.3 is 0 Å². The molecule has 14 heavy (non-hydrogen) atoms. The van der Waals surface area contributed by atoms with Gasteiger partial charge in [0.05, 0.1) is 1.37 Å². The summed E-state index contributed by atoms with van der Waals surface area (Å²) in [5.74, 6) is 0.723. The van der Waals surface area contributed by atoms with Crippen LogP contribution in [0.5, 0.6) is 5.75 Å². The molecule has 1 atom stereocenters. The first-order chi connectivity index (χ1) is 7.36. The van der Waals surface area contributed by atoms with Crippen LogP contribution in [0.1, 0.15) is 6.93 Å². The Kier molecular flexibility index (Phi) is 2.43.